The number of methoxy groups -OCH3 is 1. The predicted octanol–water partition coefficient (Wildman–Crippen LogP) is 4.84. The van der Waals surface area contributed by atoms with Gasteiger partial charge in [-0.3, -0.25) is 4.79 Å². The molecule has 1 aromatic heterocycles. The van der Waals surface area contributed by atoms with Gasteiger partial charge in [0.05, 0.1) is 12.0 Å². The van der Waals surface area contributed by atoms with E-state index in [2.05, 4.69) is 4.98 Å². The number of rotatable bonds is 6. The fraction of sp³-hybridized carbons (Fsp3) is 0.318. The Hall–Kier alpha value is -2.79. The number of benzene rings is 2. The lowest BCUT2D eigenvalue weighted by Crippen LogP contribution is -2.25. The van der Waals surface area contributed by atoms with E-state index >= 15 is 0 Å². The van der Waals surface area contributed by atoms with Crippen LogP contribution in [0.15, 0.2) is 48.7 Å². The zero-order chi connectivity index (χ0) is 19.4. The van der Waals surface area contributed by atoms with Gasteiger partial charge in [-0.15, -0.1) is 0 Å². The topological polar surface area (TPSA) is 60.5 Å². The highest BCUT2D eigenvalue weighted by Crippen LogP contribution is 2.34. The van der Waals surface area contributed by atoms with Gasteiger partial charge in [-0.25, -0.2) is 0 Å². The molecule has 0 atom stereocenters. The molecule has 27 heavy (non-hydrogen) atoms. The number of nitrogens with one attached hydrogen (secondary N) is 1. The Morgan fingerprint density at radius 3 is 2.44 bits per heavy atom. The summed E-state index contributed by atoms with van der Waals surface area (Å²) in [5.41, 5.74) is 2.29. The van der Waals surface area contributed by atoms with Gasteiger partial charge in [0.25, 0.3) is 0 Å². The third kappa shape index (κ3) is 4.49. The van der Waals surface area contributed by atoms with E-state index in [1.165, 1.54) is 0 Å². The van der Waals surface area contributed by atoms with Crippen molar-refractivity contribution in [3.8, 4) is 11.5 Å². The number of H-pyrrole nitrogens is 1. The molecule has 0 aliphatic carbocycles. The highest BCUT2D eigenvalue weighted by molar-refractivity contribution is 5.91. The Morgan fingerprint density at radius 1 is 1.04 bits per heavy atom. The molecule has 0 fully saturated rings. The zero-order valence-corrected chi connectivity index (χ0v) is 16.2. The molecule has 3 rings (SSSR count). The fourth-order valence-electron chi connectivity index (χ4n) is 2.64. The first-order chi connectivity index (χ1) is 12.9. The minimum atomic E-state index is -0.577. The van der Waals surface area contributed by atoms with E-state index < -0.39 is 5.41 Å². The predicted molar refractivity (Wildman–Crippen MR) is 105 cm³/mol. The molecule has 3 aromatic rings. The van der Waals surface area contributed by atoms with Gasteiger partial charge >= 0.3 is 5.97 Å². The first-order valence-corrected chi connectivity index (χ1v) is 8.90. The molecular formula is C22H25NO4. The van der Waals surface area contributed by atoms with Crippen molar-refractivity contribution in [3.05, 3.63) is 59.8 Å². The van der Waals surface area contributed by atoms with Crippen LogP contribution in [0.4, 0.5) is 0 Å². The molecule has 0 aliphatic rings. The summed E-state index contributed by atoms with van der Waals surface area (Å²) >= 11 is 0. The summed E-state index contributed by atoms with van der Waals surface area (Å²) in [4.78, 5) is 15.4. The summed E-state index contributed by atoms with van der Waals surface area (Å²) in [5.74, 6) is 0.926. The Balaban J connectivity index is 1.91. The van der Waals surface area contributed by atoms with Crippen molar-refractivity contribution in [1.82, 2.24) is 4.98 Å². The van der Waals surface area contributed by atoms with Crippen molar-refractivity contribution in [1.29, 1.82) is 0 Å². The Morgan fingerprint density at radius 2 is 1.78 bits per heavy atom. The number of fused-ring (bicyclic) bond motifs is 1. The smallest absolute Gasteiger partial charge is 0.316 e. The molecule has 0 spiro atoms. The van der Waals surface area contributed by atoms with Gasteiger partial charge in [-0.2, -0.15) is 0 Å². The number of carbonyl (C=O) groups excluding carboxylic acids is 1. The fourth-order valence-corrected chi connectivity index (χ4v) is 2.64. The van der Waals surface area contributed by atoms with Crippen LogP contribution in [0.3, 0.4) is 0 Å². The number of carbonyl (C=O) groups is 1. The summed E-state index contributed by atoms with van der Waals surface area (Å²) < 4.78 is 16.9. The van der Waals surface area contributed by atoms with Crippen LogP contribution in [0.25, 0.3) is 10.9 Å². The second-order valence-electron chi connectivity index (χ2n) is 7.51. The SMILES string of the molecule is COCc1cc2[nH]cc(OC(=O)C(C)(C)C)c2cc1OCc1ccccc1. The van der Waals surface area contributed by atoms with Crippen LogP contribution >= 0.6 is 0 Å². The van der Waals surface area contributed by atoms with Crippen molar-refractivity contribution in [3.63, 3.8) is 0 Å². The molecule has 5 nitrogen and oxygen atoms in total. The maximum atomic E-state index is 12.3. The summed E-state index contributed by atoms with van der Waals surface area (Å²) in [6, 6.07) is 13.8. The lowest BCUT2D eigenvalue weighted by molar-refractivity contribution is -0.142. The van der Waals surface area contributed by atoms with Crippen molar-refractivity contribution in [2.75, 3.05) is 7.11 Å². The molecule has 1 heterocycles. The van der Waals surface area contributed by atoms with Crippen molar-refractivity contribution >= 4 is 16.9 Å². The molecule has 0 unspecified atom stereocenters. The van der Waals surface area contributed by atoms with Gasteiger partial charge < -0.3 is 19.2 Å². The number of ether oxygens (including phenoxy) is 3. The van der Waals surface area contributed by atoms with E-state index in [9.17, 15) is 4.79 Å². The van der Waals surface area contributed by atoms with Crippen LogP contribution in [0.5, 0.6) is 11.5 Å². The molecule has 142 valence electrons. The van der Waals surface area contributed by atoms with Gasteiger partial charge in [-0.1, -0.05) is 30.3 Å². The van der Waals surface area contributed by atoms with Gasteiger partial charge in [0.1, 0.15) is 12.4 Å². The monoisotopic (exact) mass is 367 g/mol. The van der Waals surface area contributed by atoms with Gasteiger partial charge in [0.2, 0.25) is 0 Å². The Bertz CT molecular complexity index is 923. The summed E-state index contributed by atoms with van der Waals surface area (Å²) in [6.07, 6.45) is 1.70. The van der Waals surface area contributed by atoms with Crippen molar-refractivity contribution < 1.29 is 19.0 Å². The molecule has 5 heteroatoms. The minimum absolute atomic E-state index is 0.281. The van der Waals surface area contributed by atoms with E-state index in [1.807, 2.05) is 63.2 Å². The second kappa shape index (κ2) is 7.84. The molecule has 1 N–H and O–H groups in total. The van der Waals surface area contributed by atoms with E-state index in [0.717, 1.165) is 22.0 Å². The largest absolute Gasteiger partial charge is 0.489 e. The highest BCUT2D eigenvalue weighted by Gasteiger charge is 2.25. The molecule has 0 saturated heterocycles. The van der Waals surface area contributed by atoms with Gasteiger partial charge in [0.15, 0.2) is 5.75 Å². The number of hydrogen-bond acceptors (Lipinski definition) is 4. The average molecular weight is 367 g/mol. The molecule has 0 bridgehead atoms. The van der Waals surface area contributed by atoms with Crippen LogP contribution in [0.2, 0.25) is 0 Å². The lowest BCUT2D eigenvalue weighted by Gasteiger charge is -2.16. The molecular weight excluding hydrogens is 342 g/mol. The summed E-state index contributed by atoms with van der Waals surface area (Å²) in [7, 11) is 1.65. The lowest BCUT2D eigenvalue weighted by atomic mass is 9.97. The van der Waals surface area contributed by atoms with Gasteiger partial charge in [-0.05, 0) is 38.5 Å². The average Bonchev–Trinajstić information content (AvgIpc) is 3.02. The standard InChI is InChI=1S/C22H25NO4/c1-22(2,3)21(24)27-20-12-23-18-10-16(14-25-4)19(11-17(18)20)26-13-15-8-6-5-7-9-15/h5-12,23H,13-14H2,1-4H3. The summed E-state index contributed by atoms with van der Waals surface area (Å²) in [6.45, 7) is 6.36. The van der Waals surface area contributed by atoms with E-state index in [0.29, 0.717) is 24.7 Å². The third-order valence-corrected chi connectivity index (χ3v) is 4.18. The van der Waals surface area contributed by atoms with E-state index in [4.69, 9.17) is 14.2 Å². The summed E-state index contributed by atoms with van der Waals surface area (Å²) in [5, 5.41) is 0.801. The number of aromatic amines is 1. The third-order valence-electron chi connectivity index (χ3n) is 4.18. The normalized spacial score (nSPS) is 11.6. The number of hydrogen-bond donors (Lipinski definition) is 1. The highest BCUT2D eigenvalue weighted by atomic mass is 16.5. The zero-order valence-electron chi connectivity index (χ0n) is 16.2. The number of aromatic nitrogens is 1. The maximum Gasteiger partial charge on any atom is 0.316 e. The van der Waals surface area contributed by atoms with Crippen LogP contribution < -0.4 is 9.47 Å². The molecule has 0 aliphatic heterocycles. The molecule has 0 saturated carbocycles. The molecule has 0 radical (unpaired) electrons. The Kier molecular flexibility index (Phi) is 5.51. The number of esters is 1. The minimum Gasteiger partial charge on any atom is -0.489 e. The first kappa shape index (κ1) is 19.0. The molecule has 2 aromatic carbocycles. The van der Waals surface area contributed by atoms with Gasteiger partial charge in [0, 0.05) is 29.8 Å². The van der Waals surface area contributed by atoms with Crippen LogP contribution in [-0.4, -0.2) is 18.1 Å². The molecule has 0 amide bonds. The Labute approximate surface area is 159 Å². The van der Waals surface area contributed by atoms with Crippen LogP contribution in [0.1, 0.15) is 31.9 Å². The first-order valence-electron chi connectivity index (χ1n) is 8.90. The quantitative estimate of drug-likeness (QED) is 0.633. The van der Waals surface area contributed by atoms with Crippen molar-refractivity contribution in [2.45, 2.75) is 34.0 Å². The van der Waals surface area contributed by atoms with Crippen LogP contribution in [0, 0.1) is 5.41 Å². The van der Waals surface area contributed by atoms with Crippen LogP contribution in [-0.2, 0) is 22.7 Å². The second-order valence-corrected chi connectivity index (χ2v) is 7.51. The van der Waals surface area contributed by atoms with E-state index in [-0.39, 0.29) is 5.97 Å². The maximum absolute atomic E-state index is 12.3. The van der Waals surface area contributed by atoms with E-state index in [1.54, 1.807) is 13.3 Å². The van der Waals surface area contributed by atoms with Crippen molar-refractivity contribution in [2.24, 2.45) is 5.41 Å².